The lowest BCUT2D eigenvalue weighted by molar-refractivity contribution is 0.0957. The van der Waals surface area contributed by atoms with Crippen molar-refractivity contribution in [3.8, 4) is 17.2 Å². The van der Waals surface area contributed by atoms with Gasteiger partial charge in [0.25, 0.3) is 5.91 Å². The summed E-state index contributed by atoms with van der Waals surface area (Å²) in [7, 11) is 1.47. The summed E-state index contributed by atoms with van der Waals surface area (Å²) >= 11 is 6.03. The molecule has 0 saturated heterocycles. The Bertz CT molecular complexity index is 1050. The highest BCUT2D eigenvalue weighted by atomic mass is 35.5. The van der Waals surface area contributed by atoms with E-state index in [2.05, 4.69) is 15.6 Å². The summed E-state index contributed by atoms with van der Waals surface area (Å²) < 4.78 is 25.2. The second-order valence-corrected chi connectivity index (χ2v) is 6.00. The number of halogens is 2. The van der Waals surface area contributed by atoms with Crippen molar-refractivity contribution >= 4 is 29.3 Å². The molecule has 0 radical (unpaired) electrons. The number of ether oxygens (including phenoxy) is 2. The van der Waals surface area contributed by atoms with E-state index in [9.17, 15) is 14.0 Å². The van der Waals surface area contributed by atoms with E-state index >= 15 is 0 Å². The Morgan fingerprint density at radius 1 is 1.07 bits per heavy atom. The average molecular weight is 416 g/mol. The smallest absolute Gasteiger partial charge is 0.417 e. The Morgan fingerprint density at radius 3 is 2.55 bits per heavy atom. The van der Waals surface area contributed by atoms with Crippen LogP contribution in [0.3, 0.4) is 0 Å². The molecule has 0 unspecified atom stereocenters. The molecule has 9 heteroatoms. The van der Waals surface area contributed by atoms with Crippen LogP contribution in [0, 0.1) is 5.82 Å². The molecular formula is C20H15ClFN3O4. The number of carbonyl (C=O) groups excluding carboxylic acids is 2. The quantitative estimate of drug-likeness (QED) is 0.633. The van der Waals surface area contributed by atoms with Crippen LogP contribution in [0.15, 0.2) is 60.8 Å². The molecule has 1 aromatic heterocycles. The van der Waals surface area contributed by atoms with Crippen molar-refractivity contribution in [2.45, 2.75) is 0 Å². The molecule has 2 aromatic carbocycles. The Balaban J connectivity index is 1.74. The van der Waals surface area contributed by atoms with E-state index in [-0.39, 0.29) is 27.9 Å². The molecule has 2 amide bonds. The first-order chi connectivity index (χ1) is 14.0. The summed E-state index contributed by atoms with van der Waals surface area (Å²) in [5, 5.41) is 4.38. The van der Waals surface area contributed by atoms with E-state index in [0.717, 1.165) is 0 Å². The molecule has 0 aliphatic carbocycles. The summed E-state index contributed by atoms with van der Waals surface area (Å²) in [6.07, 6.45) is 0.504. The SMILES string of the molecule is CNC(=O)c1cc(Oc2ccc(NC(=O)Oc3ccccc3)c(F)c2Cl)ccn1. The van der Waals surface area contributed by atoms with Crippen LogP contribution in [0.2, 0.25) is 5.02 Å². The van der Waals surface area contributed by atoms with E-state index < -0.39 is 17.8 Å². The molecule has 0 bridgehead atoms. The predicted octanol–water partition coefficient (Wildman–Crippen LogP) is 4.64. The molecule has 29 heavy (non-hydrogen) atoms. The molecule has 0 aliphatic heterocycles. The molecule has 0 fully saturated rings. The second-order valence-electron chi connectivity index (χ2n) is 5.62. The first-order valence-electron chi connectivity index (χ1n) is 8.36. The van der Waals surface area contributed by atoms with Gasteiger partial charge in [0.2, 0.25) is 0 Å². The standard InChI is InChI=1S/C20H15ClFN3O4/c1-23-19(26)15-11-13(9-10-24-15)28-16-8-7-14(18(22)17(16)21)25-20(27)29-12-5-3-2-4-6-12/h2-11H,1H3,(H,23,26)(H,25,27). The molecule has 1 heterocycles. The maximum Gasteiger partial charge on any atom is 0.417 e. The van der Waals surface area contributed by atoms with Crippen LogP contribution in [-0.2, 0) is 0 Å². The summed E-state index contributed by atoms with van der Waals surface area (Å²) in [5.41, 5.74) is -0.0485. The lowest BCUT2D eigenvalue weighted by Gasteiger charge is -2.12. The maximum absolute atomic E-state index is 14.6. The molecule has 0 saturated carbocycles. The summed E-state index contributed by atoms with van der Waals surface area (Å²) in [5.74, 6) is -0.746. The number of nitrogens with zero attached hydrogens (tertiary/aromatic N) is 1. The molecule has 3 aromatic rings. The van der Waals surface area contributed by atoms with E-state index in [0.29, 0.717) is 5.75 Å². The van der Waals surface area contributed by atoms with Crippen molar-refractivity contribution in [1.29, 1.82) is 0 Å². The normalized spacial score (nSPS) is 10.2. The maximum atomic E-state index is 14.6. The van der Waals surface area contributed by atoms with E-state index in [1.54, 1.807) is 30.3 Å². The van der Waals surface area contributed by atoms with Gasteiger partial charge in [0.05, 0.1) is 5.69 Å². The molecule has 0 aliphatic rings. The largest absolute Gasteiger partial charge is 0.456 e. The van der Waals surface area contributed by atoms with Crippen LogP contribution < -0.4 is 20.1 Å². The van der Waals surface area contributed by atoms with Crippen LogP contribution >= 0.6 is 11.6 Å². The summed E-state index contributed by atoms with van der Waals surface area (Å²) in [6.45, 7) is 0. The fourth-order valence-corrected chi connectivity index (χ4v) is 2.50. The monoisotopic (exact) mass is 415 g/mol. The van der Waals surface area contributed by atoms with Gasteiger partial charge < -0.3 is 14.8 Å². The summed E-state index contributed by atoms with van der Waals surface area (Å²) in [4.78, 5) is 27.5. The van der Waals surface area contributed by atoms with Crippen molar-refractivity contribution in [3.63, 3.8) is 0 Å². The molecule has 3 rings (SSSR count). The van der Waals surface area contributed by atoms with Gasteiger partial charge in [-0.25, -0.2) is 9.18 Å². The van der Waals surface area contributed by atoms with Crippen molar-refractivity contribution in [3.05, 3.63) is 77.3 Å². The third-order valence-corrected chi connectivity index (χ3v) is 4.01. The molecule has 2 N–H and O–H groups in total. The highest BCUT2D eigenvalue weighted by molar-refractivity contribution is 6.32. The summed E-state index contributed by atoms with van der Waals surface area (Å²) in [6, 6.07) is 13.9. The minimum absolute atomic E-state index is 0.000185. The van der Waals surface area contributed by atoms with Gasteiger partial charge in [0.15, 0.2) is 5.82 Å². The van der Waals surface area contributed by atoms with Crippen LogP contribution in [0.5, 0.6) is 17.2 Å². The Labute approximate surface area is 170 Å². The Morgan fingerprint density at radius 2 is 1.83 bits per heavy atom. The van der Waals surface area contributed by atoms with Crippen LogP contribution in [0.25, 0.3) is 0 Å². The number of anilines is 1. The zero-order valence-corrected chi connectivity index (χ0v) is 15.9. The van der Waals surface area contributed by atoms with E-state index in [1.165, 1.54) is 37.5 Å². The number of para-hydroxylation sites is 1. The Hall–Kier alpha value is -3.65. The lowest BCUT2D eigenvalue weighted by Crippen LogP contribution is -2.19. The zero-order chi connectivity index (χ0) is 20.8. The van der Waals surface area contributed by atoms with Crippen molar-refractivity contribution in [1.82, 2.24) is 10.3 Å². The zero-order valence-electron chi connectivity index (χ0n) is 15.1. The van der Waals surface area contributed by atoms with Crippen LogP contribution in [-0.4, -0.2) is 24.0 Å². The first-order valence-corrected chi connectivity index (χ1v) is 8.73. The molecule has 0 atom stereocenters. The van der Waals surface area contributed by atoms with Crippen molar-refractivity contribution in [2.75, 3.05) is 12.4 Å². The topological polar surface area (TPSA) is 89.6 Å². The third kappa shape index (κ3) is 4.99. The number of pyridine rings is 1. The number of carbonyl (C=O) groups is 2. The van der Waals surface area contributed by atoms with Gasteiger partial charge in [-0.05, 0) is 30.3 Å². The van der Waals surface area contributed by atoms with Gasteiger partial charge in [-0.15, -0.1) is 0 Å². The number of nitrogens with one attached hydrogen (secondary N) is 2. The van der Waals surface area contributed by atoms with E-state index in [1.807, 2.05) is 0 Å². The fraction of sp³-hybridized carbons (Fsp3) is 0.0500. The third-order valence-electron chi connectivity index (χ3n) is 3.66. The number of amides is 2. The lowest BCUT2D eigenvalue weighted by atomic mass is 10.2. The fourth-order valence-electron chi connectivity index (χ4n) is 2.29. The average Bonchev–Trinajstić information content (AvgIpc) is 2.74. The highest BCUT2D eigenvalue weighted by Crippen LogP contribution is 2.35. The van der Waals surface area contributed by atoms with Gasteiger partial charge in [-0.1, -0.05) is 29.8 Å². The van der Waals surface area contributed by atoms with Gasteiger partial charge in [-0.2, -0.15) is 0 Å². The van der Waals surface area contributed by atoms with E-state index in [4.69, 9.17) is 21.1 Å². The minimum Gasteiger partial charge on any atom is -0.456 e. The minimum atomic E-state index is -0.894. The molecule has 0 spiro atoms. The number of rotatable bonds is 5. The molecule has 148 valence electrons. The van der Waals surface area contributed by atoms with Crippen molar-refractivity contribution in [2.24, 2.45) is 0 Å². The van der Waals surface area contributed by atoms with Crippen LogP contribution in [0.4, 0.5) is 14.9 Å². The number of hydrogen-bond donors (Lipinski definition) is 2. The molecule has 7 nitrogen and oxygen atoms in total. The van der Waals surface area contributed by atoms with Crippen molar-refractivity contribution < 1.29 is 23.5 Å². The number of benzene rings is 2. The van der Waals surface area contributed by atoms with Gasteiger partial charge in [0.1, 0.15) is 28.0 Å². The number of hydrogen-bond acceptors (Lipinski definition) is 5. The van der Waals surface area contributed by atoms with Gasteiger partial charge in [-0.3, -0.25) is 15.1 Å². The van der Waals surface area contributed by atoms with Gasteiger partial charge >= 0.3 is 6.09 Å². The Kier molecular flexibility index (Phi) is 6.25. The number of aromatic nitrogens is 1. The van der Waals surface area contributed by atoms with Gasteiger partial charge in [0, 0.05) is 19.3 Å². The second kappa shape index (κ2) is 9.03. The molecular weight excluding hydrogens is 401 g/mol. The first kappa shape index (κ1) is 20.1. The highest BCUT2D eigenvalue weighted by Gasteiger charge is 2.17. The van der Waals surface area contributed by atoms with Crippen LogP contribution in [0.1, 0.15) is 10.5 Å². The predicted molar refractivity (Wildman–Crippen MR) is 105 cm³/mol.